The average molecular weight is 270 g/mol. The summed E-state index contributed by atoms with van der Waals surface area (Å²) in [6.07, 6.45) is 5.09. The summed E-state index contributed by atoms with van der Waals surface area (Å²) in [4.78, 5) is 4.55. The summed E-state index contributed by atoms with van der Waals surface area (Å²) in [5, 5.41) is 4.63. The maximum atomic E-state index is 5.68. The number of ether oxygens (including phenoxy) is 1. The maximum absolute atomic E-state index is 5.68. The van der Waals surface area contributed by atoms with Crippen molar-refractivity contribution in [2.24, 2.45) is 0 Å². The predicted octanol–water partition coefficient (Wildman–Crippen LogP) is 3.69. The first kappa shape index (κ1) is 14.5. The Hall–Kier alpha value is -1.87. The van der Waals surface area contributed by atoms with E-state index in [1.54, 1.807) is 0 Å². The molecular formula is C17H22N2O. The third-order valence-corrected chi connectivity index (χ3v) is 3.08. The Labute approximate surface area is 120 Å². The number of hydrogen-bond acceptors (Lipinski definition) is 3. The van der Waals surface area contributed by atoms with Crippen molar-refractivity contribution >= 4 is 10.9 Å². The van der Waals surface area contributed by atoms with Gasteiger partial charge >= 0.3 is 0 Å². The Morgan fingerprint density at radius 2 is 2.15 bits per heavy atom. The van der Waals surface area contributed by atoms with Crippen LogP contribution in [0.15, 0.2) is 42.5 Å². The fourth-order valence-corrected chi connectivity index (χ4v) is 2.07. The quantitative estimate of drug-likeness (QED) is 0.615. The number of allylic oxidation sites excluding steroid dienone is 1. The molecule has 3 nitrogen and oxygen atoms in total. The molecule has 0 unspecified atom stereocenters. The summed E-state index contributed by atoms with van der Waals surface area (Å²) in [5.41, 5.74) is 2.22. The molecule has 0 saturated heterocycles. The molecule has 20 heavy (non-hydrogen) atoms. The Kier molecular flexibility index (Phi) is 5.56. The van der Waals surface area contributed by atoms with E-state index in [0.29, 0.717) is 12.5 Å². The molecule has 1 N–H and O–H groups in total. The summed E-state index contributed by atoms with van der Waals surface area (Å²) in [7, 11) is 0. The van der Waals surface area contributed by atoms with Crippen LogP contribution in [0.1, 0.15) is 25.8 Å². The van der Waals surface area contributed by atoms with Crippen LogP contribution in [0.2, 0.25) is 0 Å². The van der Waals surface area contributed by atoms with Crippen LogP contribution < -0.4 is 10.1 Å². The molecule has 2 rings (SSSR count). The lowest BCUT2D eigenvalue weighted by atomic mass is 10.1. The summed E-state index contributed by atoms with van der Waals surface area (Å²) in [5.74, 6) is 0.690. The SMILES string of the molecule is CC=CCOc1cc(CNCCC)c2ccccc2n1. The normalized spacial score (nSPS) is 11.3. The van der Waals surface area contributed by atoms with Crippen LogP contribution in [0, 0.1) is 0 Å². The number of rotatable bonds is 7. The number of benzene rings is 1. The molecule has 106 valence electrons. The standard InChI is InChI=1S/C17H22N2O/c1-3-5-11-20-17-12-14(13-18-10-4-2)15-8-6-7-9-16(15)19-17/h3,5-9,12,18H,4,10-11,13H2,1-2H3. The van der Waals surface area contributed by atoms with Gasteiger partial charge in [-0.25, -0.2) is 4.98 Å². The highest BCUT2D eigenvalue weighted by atomic mass is 16.5. The van der Waals surface area contributed by atoms with Crippen LogP contribution in [0.25, 0.3) is 10.9 Å². The molecule has 0 aliphatic carbocycles. The average Bonchev–Trinajstić information content (AvgIpc) is 2.48. The van der Waals surface area contributed by atoms with Gasteiger partial charge in [-0.2, -0.15) is 0 Å². The summed E-state index contributed by atoms with van der Waals surface area (Å²) < 4.78 is 5.68. The van der Waals surface area contributed by atoms with Crippen LogP contribution in [0.4, 0.5) is 0 Å². The summed E-state index contributed by atoms with van der Waals surface area (Å²) in [6.45, 7) is 6.58. The first-order valence-corrected chi connectivity index (χ1v) is 7.18. The molecule has 2 aromatic rings. The Morgan fingerprint density at radius 3 is 2.95 bits per heavy atom. The molecule has 1 heterocycles. The topological polar surface area (TPSA) is 34.1 Å². The minimum Gasteiger partial charge on any atom is -0.473 e. The van der Waals surface area contributed by atoms with E-state index in [1.165, 1.54) is 10.9 Å². The van der Waals surface area contributed by atoms with Gasteiger partial charge in [0.15, 0.2) is 0 Å². The zero-order chi connectivity index (χ0) is 14.2. The van der Waals surface area contributed by atoms with Crippen LogP contribution >= 0.6 is 0 Å². The van der Waals surface area contributed by atoms with Crippen molar-refractivity contribution in [2.75, 3.05) is 13.2 Å². The molecule has 1 aromatic carbocycles. The van der Waals surface area contributed by atoms with E-state index < -0.39 is 0 Å². The lowest BCUT2D eigenvalue weighted by Gasteiger charge is -2.10. The lowest BCUT2D eigenvalue weighted by Crippen LogP contribution is -2.14. The first-order chi connectivity index (χ1) is 9.85. The van der Waals surface area contributed by atoms with E-state index in [1.807, 2.05) is 43.3 Å². The lowest BCUT2D eigenvalue weighted by molar-refractivity contribution is 0.349. The molecule has 3 heteroatoms. The van der Waals surface area contributed by atoms with Crippen molar-refractivity contribution in [3.8, 4) is 5.88 Å². The number of aromatic nitrogens is 1. The highest BCUT2D eigenvalue weighted by Crippen LogP contribution is 2.22. The van der Waals surface area contributed by atoms with Gasteiger partial charge in [0.05, 0.1) is 5.52 Å². The molecule has 1 aromatic heterocycles. The monoisotopic (exact) mass is 270 g/mol. The highest BCUT2D eigenvalue weighted by Gasteiger charge is 2.05. The van der Waals surface area contributed by atoms with Gasteiger partial charge in [-0.05, 0) is 31.5 Å². The summed E-state index contributed by atoms with van der Waals surface area (Å²) in [6, 6.07) is 10.2. The molecule has 0 atom stereocenters. The smallest absolute Gasteiger partial charge is 0.214 e. The highest BCUT2D eigenvalue weighted by molar-refractivity contribution is 5.82. The number of para-hydroxylation sites is 1. The van der Waals surface area contributed by atoms with Crippen LogP contribution in [0.5, 0.6) is 5.88 Å². The number of hydrogen-bond donors (Lipinski definition) is 1. The van der Waals surface area contributed by atoms with Crippen molar-refractivity contribution in [1.82, 2.24) is 10.3 Å². The Morgan fingerprint density at radius 1 is 1.30 bits per heavy atom. The second-order valence-electron chi connectivity index (χ2n) is 4.69. The predicted molar refractivity (Wildman–Crippen MR) is 84.0 cm³/mol. The van der Waals surface area contributed by atoms with Gasteiger partial charge in [0.25, 0.3) is 0 Å². The second kappa shape index (κ2) is 7.65. The van der Waals surface area contributed by atoms with Crippen LogP contribution in [-0.2, 0) is 6.54 Å². The fraction of sp³-hybridized carbons (Fsp3) is 0.353. The zero-order valence-corrected chi connectivity index (χ0v) is 12.2. The molecule has 0 aliphatic rings. The molecule has 0 fully saturated rings. The third-order valence-electron chi connectivity index (χ3n) is 3.08. The van der Waals surface area contributed by atoms with Crippen molar-refractivity contribution in [3.63, 3.8) is 0 Å². The van der Waals surface area contributed by atoms with Gasteiger partial charge in [-0.15, -0.1) is 0 Å². The van der Waals surface area contributed by atoms with Gasteiger partial charge in [0.2, 0.25) is 5.88 Å². The second-order valence-corrected chi connectivity index (χ2v) is 4.69. The van der Waals surface area contributed by atoms with E-state index in [-0.39, 0.29) is 0 Å². The van der Waals surface area contributed by atoms with Crippen molar-refractivity contribution in [3.05, 3.63) is 48.0 Å². The molecule has 0 amide bonds. The van der Waals surface area contributed by atoms with E-state index in [9.17, 15) is 0 Å². The fourth-order valence-electron chi connectivity index (χ4n) is 2.07. The molecule has 0 spiro atoms. The molecule has 0 saturated carbocycles. The minimum atomic E-state index is 0.559. The van der Waals surface area contributed by atoms with Crippen LogP contribution in [0.3, 0.4) is 0 Å². The Balaban J connectivity index is 2.26. The molecule has 0 bridgehead atoms. The Bertz CT molecular complexity index is 578. The number of pyridine rings is 1. The van der Waals surface area contributed by atoms with Gasteiger partial charge in [-0.3, -0.25) is 0 Å². The summed E-state index contributed by atoms with van der Waals surface area (Å²) >= 11 is 0. The molecule has 0 radical (unpaired) electrons. The van der Waals surface area contributed by atoms with E-state index in [0.717, 1.165) is 25.0 Å². The van der Waals surface area contributed by atoms with Crippen LogP contribution in [-0.4, -0.2) is 18.1 Å². The van der Waals surface area contributed by atoms with E-state index >= 15 is 0 Å². The van der Waals surface area contributed by atoms with Gasteiger partial charge < -0.3 is 10.1 Å². The van der Waals surface area contributed by atoms with E-state index in [2.05, 4.69) is 23.3 Å². The van der Waals surface area contributed by atoms with Gasteiger partial charge in [0, 0.05) is 18.0 Å². The number of nitrogens with one attached hydrogen (secondary N) is 1. The van der Waals surface area contributed by atoms with Crippen molar-refractivity contribution < 1.29 is 4.74 Å². The van der Waals surface area contributed by atoms with Gasteiger partial charge in [-0.1, -0.05) is 37.3 Å². The van der Waals surface area contributed by atoms with Crippen molar-refractivity contribution in [1.29, 1.82) is 0 Å². The molecular weight excluding hydrogens is 248 g/mol. The number of nitrogens with zero attached hydrogens (tertiary/aromatic N) is 1. The largest absolute Gasteiger partial charge is 0.473 e. The maximum Gasteiger partial charge on any atom is 0.214 e. The third kappa shape index (κ3) is 3.81. The first-order valence-electron chi connectivity index (χ1n) is 7.18. The minimum absolute atomic E-state index is 0.559. The van der Waals surface area contributed by atoms with Crippen molar-refractivity contribution in [2.45, 2.75) is 26.8 Å². The van der Waals surface area contributed by atoms with Gasteiger partial charge in [0.1, 0.15) is 6.61 Å². The van der Waals surface area contributed by atoms with E-state index in [4.69, 9.17) is 4.74 Å². The zero-order valence-electron chi connectivity index (χ0n) is 12.2. The molecule has 0 aliphatic heterocycles. The number of fused-ring (bicyclic) bond motifs is 1.